The quantitative estimate of drug-likeness (QED) is 0.0962. The van der Waals surface area contributed by atoms with Crippen molar-refractivity contribution >= 4 is 5.78 Å². The van der Waals surface area contributed by atoms with E-state index in [-0.39, 0.29) is 117 Å². The van der Waals surface area contributed by atoms with Crippen LogP contribution in [0.2, 0.25) is 0 Å². The van der Waals surface area contributed by atoms with Crippen LogP contribution < -0.4 is 21.7 Å². The van der Waals surface area contributed by atoms with Gasteiger partial charge in [0.05, 0.1) is 88.3 Å². The van der Waals surface area contributed by atoms with Crippen LogP contribution in [0.15, 0.2) is 106 Å². The summed E-state index contributed by atoms with van der Waals surface area (Å²) in [4.78, 5) is 17.8. The summed E-state index contributed by atoms with van der Waals surface area (Å²) in [5.74, 6) is -1.23. The monoisotopic (exact) mass is 1260 g/mol. The molecule has 92 heavy (non-hydrogen) atoms. The molecule has 9 bridgehead atoms. The average Bonchev–Trinajstić information content (AvgIpc) is 1.20. The number of fused-ring (bicyclic) bond motifs is 8. The van der Waals surface area contributed by atoms with Crippen LogP contribution in [0.5, 0.6) is 0 Å². The molecule has 19 rings (SSSR count). The van der Waals surface area contributed by atoms with Gasteiger partial charge >= 0.3 is 0 Å². The zero-order chi connectivity index (χ0) is 63.7. The van der Waals surface area contributed by atoms with E-state index in [0.29, 0.717) is 68.4 Å². The summed E-state index contributed by atoms with van der Waals surface area (Å²) in [6, 6.07) is 0.305. The maximum Gasteiger partial charge on any atom is 0.189 e. The number of rotatable bonds is 11. The first kappa shape index (κ1) is 61.8. The van der Waals surface area contributed by atoms with E-state index < -0.39 is 104 Å². The lowest BCUT2D eigenvalue weighted by Gasteiger charge is -2.76. The van der Waals surface area contributed by atoms with Gasteiger partial charge in [-0.3, -0.25) is 4.79 Å². The summed E-state index contributed by atoms with van der Waals surface area (Å²) in [6.45, 7) is 5.55. The van der Waals surface area contributed by atoms with E-state index in [2.05, 4.69) is 71.6 Å². The molecule has 0 aromatic carbocycles. The van der Waals surface area contributed by atoms with Gasteiger partial charge in [0.2, 0.25) is 0 Å². The Morgan fingerprint density at radius 1 is 0.870 bits per heavy atom. The second kappa shape index (κ2) is 21.1. The number of Topliss-reactive ketones (excluding diaryl/α,β-unsaturated/α-hetero) is 1. The highest BCUT2D eigenvalue weighted by molar-refractivity contribution is 6.05. The molecule has 16 nitrogen and oxygen atoms in total. The number of ketones is 1. The minimum atomic E-state index is -2.03. The number of aliphatic hydroxyl groups is 9. The van der Waals surface area contributed by atoms with Gasteiger partial charge in [-0.2, -0.15) is 0 Å². The Hall–Kier alpha value is -3.75. The van der Waals surface area contributed by atoms with E-state index >= 15 is 15.0 Å². The average molecular weight is 1270 g/mol. The van der Waals surface area contributed by atoms with E-state index in [0.717, 1.165) is 69.1 Å². The number of ether oxygens (including phenoxy) is 2. The molecule has 14 N–H and O–H groups in total. The molecular weight excluding hydrogens is 1160 g/mol. The van der Waals surface area contributed by atoms with Crippen molar-refractivity contribution in [1.29, 1.82) is 0 Å². The number of nitrogens with one attached hydrogen (secondary N) is 3. The minimum absolute atomic E-state index is 0.0134. The third kappa shape index (κ3) is 7.81. The number of hydrogen-bond donors (Lipinski definition) is 13. The minimum Gasteiger partial charge on any atom is -0.396 e. The van der Waals surface area contributed by atoms with E-state index in [1.165, 1.54) is 16.7 Å². The third-order valence-corrected chi connectivity index (χ3v) is 29.9. The van der Waals surface area contributed by atoms with Gasteiger partial charge in [0.15, 0.2) is 5.78 Å². The fourth-order valence-corrected chi connectivity index (χ4v) is 26.5. The molecule has 7 saturated carbocycles. The highest BCUT2D eigenvalue weighted by Gasteiger charge is 2.88. The molecular formula is C76H104N4O12. The molecule has 4 aliphatic heterocycles. The fraction of sp³-hybridized carbons (Fsp3) is 0.750. The Morgan fingerprint density at radius 3 is 2.50 bits per heavy atom. The lowest BCUT2D eigenvalue weighted by atomic mass is 9.27. The second-order valence-corrected chi connectivity index (χ2v) is 33.6. The molecule has 4 heterocycles. The first-order chi connectivity index (χ1) is 44.1. The lowest BCUT2D eigenvalue weighted by Crippen LogP contribution is -2.80. The molecule has 9 fully saturated rings. The Morgan fingerprint density at radius 2 is 1.68 bits per heavy atom. The number of carbonyl (C=O) groups is 1. The normalized spacial score (nSPS) is 53.2. The van der Waals surface area contributed by atoms with Gasteiger partial charge in [0.25, 0.3) is 0 Å². The molecule has 4 spiro atoms. The number of carbonyl (C=O) groups excluding carboxylic acids is 1. The standard InChI is InChI=1S/C76H104N4O12/c1-4-7-41-10-14-47-56(18-11-41)92-67-63(47)53(83)9-5-23-76(67,90)68(3,87)59-21-25-75(89)65-64(79-37-40(2)82)66(86)70-24-20-44-45-15-16-48-61(45)57(91-58-34-52-46(62(48)58)22-30-78-52)32-42-12-13-43(33-49(42)44)73(59,75)39-72(88)28-26-69(50-17-19-60(77)80-51(50)8-6-31-81)27-29-74(65,72)71(70,38-69)36-55(85)54(84)35-70/h16-17,19-20,22,24,26-30,40-44,46-47,49,52-60,62-63,67,78-85,87-90H,4-15,18,21,23,25,31-39,77H2,1-3H3/b24-20+/t40-,41+,42+,43+,44-,46-,47+,49+,52-,53-,54+,55-,56+,57-,58-,59+,60?,62+,63+,67+,68+,69+,70-,71+,72+,73-,74-,75+,76+/m0/s1. The predicted octanol–water partition coefficient (Wildman–Crippen LogP) is 6.67. The van der Waals surface area contributed by atoms with E-state index in [1.54, 1.807) is 13.8 Å². The van der Waals surface area contributed by atoms with Crippen molar-refractivity contribution in [3.05, 3.63) is 106 Å². The van der Waals surface area contributed by atoms with Gasteiger partial charge in [-0.25, -0.2) is 0 Å². The predicted molar refractivity (Wildman–Crippen MR) is 344 cm³/mol. The van der Waals surface area contributed by atoms with Gasteiger partial charge in [-0.1, -0.05) is 86.4 Å². The molecule has 0 amide bonds. The van der Waals surface area contributed by atoms with Crippen molar-refractivity contribution in [1.82, 2.24) is 16.0 Å². The number of hydrogen-bond acceptors (Lipinski definition) is 16. The van der Waals surface area contributed by atoms with Crippen LogP contribution in [-0.4, -0.2) is 148 Å². The summed E-state index contributed by atoms with van der Waals surface area (Å²) >= 11 is 0. The molecule has 2 saturated heterocycles. The molecule has 0 aromatic rings. The van der Waals surface area contributed by atoms with Crippen LogP contribution in [0.1, 0.15) is 168 Å². The summed E-state index contributed by atoms with van der Waals surface area (Å²) < 4.78 is 14.9. The Balaban J connectivity index is 0.934. The Labute approximate surface area is 542 Å². The van der Waals surface area contributed by atoms with Gasteiger partial charge in [-0.15, -0.1) is 0 Å². The van der Waals surface area contributed by atoms with E-state index in [4.69, 9.17) is 15.2 Å². The van der Waals surface area contributed by atoms with Gasteiger partial charge in [-0.05, 0) is 207 Å². The SMILES string of the molecule is CCC[C@@H]1CC[C@H]2[C@H]3[C@@H](O[C@@H]2CC1)[C@@](O)([C@](C)(O)[C@H]1CC[C@@]2(O)C4=C(NC[C@H](C)O)C(=O)[C@@]56/C=C/[C@H]7C8=C9C(=CC8)[C@H]8[C@H]%10C=CN[C@H]%10C[C@@H]8O[C@H]9C[C@H]8CC[C@H](C[C@H]87)[C@@]12C[C@]1(O)C=C[C@@]2(C7=C(CCCO)NC(N)C=C7)C=C[C@@]41[C@]5(C[C@H](O)[C@H](O)C6)C2)CCC[C@@H]3O. The smallest absolute Gasteiger partial charge is 0.189 e. The van der Waals surface area contributed by atoms with Crippen molar-refractivity contribution in [3.63, 3.8) is 0 Å². The summed E-state index contributed by atoms with van der Waals surface area (Å²) in [5, 5.41) is 132. The molecule has 1 unspecified atom stereocenters. The van der Waals surface area contributed by atoms with E-state index in [9.17, 15) is 35.7 Å². The summed E-state index contributed by atoms with van der Waals surface area (Å²) in [5.41, 5.74) is -2.64. The van der Waals surface area contributed by atoms with Gasteiger partial charge in [0, 0.05) is 70.4 Å². The molecule has 19 aliphatic rings. The fourth-order valence-electron chi connectivity index (χ4n) is 26.5. The number of dihydropyridines is 1. The number of allylic oxidation sites excluding steroid dienone is 10. The highest BCUT2D eigenvalue weighted by Crippen LogP contribution is 2.86. The van der Waals surface area contributed by atoms with Crippen LogP contribution in [0, 0.1) is 86.3 Å². The summed E-state index contributed by atoms with van der Waals surface area (Å²) in [6.07, 6.45) is 29.9. The third-order valence-electron chi connectivity index (χ3n) is 29.9. The van der Waals surface area contributed by atoms with Crippen LogP contribution in [0.25, 0.3) is 0 Å². The Bertz CT molecular complexity index is 3360. The van der Waals surface area contributed by atoms with Crippen molar-refractivity contribution in [3.8, 4) is 0 Å². The molecule has 29 atom stereocenters. The first-order valence-electron chi connectivity index (χ1n) is 36.6. The molecule has 15 aliphatic carbocycles. The van der Waals surface area contributed by atoms with Gasteiger partial charge in [0.1, 0.15) is 5.60 Å². The number of aliphatic hydroxyl groups excluding tert-OH is 5. The highest BCUT2D eigenvalue weighted by atomic mass is 16.5. The molecule has 16 heteroatoms. The molecule has 0 radical (unpaired) electrons. The zero-order valence-electron chi connectivity index (χ0n) is 54.4. The van der Waals surface area contributed by atoms with Crippen molar-refractivity contribution in [2.75, 3.05) is 13.2 Å². The van der Waals surface area contributed by atoms with Crippen LogP contribution in [-0.2, 0) is 14.3 Å². The van der Waals surface area contributed by atoms with Crippen LogP contribution >= 0.6 is 0 Å². The van der Waals surface area contributed by atoms with Crippen molar-refractivity contribution < 1.29 is 60.2 Å². The second-order valence-electron chi connectivity index (χ2n) is 33.6. The number of nitrogens with two attached hydrogens (primary N) is 1. The topological polar surface area (TPSA) is 280 Å². The van der Waals surface area contributed by atoms with Crippen LogP contribution in [0.4, 0.5) is 0 Å². The maximum atomic E-state index is 17.8. The van der Waals surface area contributed by atoms with Crippen molar-refractivity contribution in [2.24, 2.45) is 92.0 Å². The Kier molecular flexibility index (Phi) is 14.2. The summed E-state index contributed by atoms with van der Waals surface area (Å²) in [7, 11) is 0. The largest absolute Gasteiger partial charge is 0.396 e. The van der Waals surface area contributed by atoms with Gasteiger partial charge < -0.3 is 77.1 Å². The maximum absolute atomic E-state index is 17.8. The first-order valence-corrected chi connectivity index (χ1v) is 36.6. The lowest BCUT2D eigenvalue weighted by molar-refractivity contribution is -0.290. The molecule has 0 aromatic heterocycles. The van der Waals surface area contributed by atoms with E-state index in [1.807, 2.05) is 18.2 Å². The zero-order valence-corrected chi connectivity index (χ0v) is 54.4. The van der Waals surface area contributed by atoms with Crippen LogP contribution in [0.3, 0.4) is 0 Å². The van der Waals surface area contributed by atoms with Crippen molar-refractivity contribution in [2.45, 2.75) is 252 Å². The molecule has 500 valence electrons.